The molecule has 3 heterocycles. The molecule has 1 N–H and O–H groups in total. The summed E-state index contributed by atoms with van der Waals surface area (Å²) in [5, 5.41) is 2.23. The van der Waals surface area contributed by atoms with Gasteiger partial charge in [0.2, 0.25) is 0 Å². The van der Waals surface area contributed by atoms with Gasteiger partial charge in [0.15, 0.2) is 0 Å². The first kappa shape index (κ1) is 20.8. The van der Waals surface area contributed by atoms with Crippen LogP contribution in [0, 0.1) is 11.6 Å². The van der Waals surface area contributed by atoms with Crippen molar-refractivity contribution in [2.45, 2.75) is 24.8 Å². The van der Waals surface area contributed by atoms with Crippen molar-refractivity contribution in [1.82, 2.24) is 19.6 Å². The van der Waals surface area contributed by atoms with Crippen LogP contribution < -0.4 is 5.32 Å². The number of halogens is 4. The normalized spacial score (nSPS) is 19.1. The zero-order valence-electron chi connectivity index (χ0n) is 16.1. The van der Waals surface area contributed by atoms with Gasteiger partial charge < -0.3 is 14.6 Å². The van der Waals surface area contributed by atoms with Crippen molar-refractivity contribution in [2.24, 2.45) is 0 Å². The zero-order valence-corrected chi connectivity index (χ0v) is 16.1. The second-order valence-electron chi connectivity index (χ2n) is 7.37. The van der Waals surface area contributed by atoms with E-state index in [-0.39, 0.29) is 31.0 Å². The third-order valence-electron chi connectivity index (χ3n) is 5.42. The maximum atomic E-state index is 13.7. The van der Waals surface area contributed by atoms with Crippen molar-refractivity contribution < 1.29 is 27.2 Å². The number of imidazole rings is 1. The maximum Gasteiger partial charge on any atom is 0.315 e. The summed E-state index contributed by atoms with van der Waals surface area (Å²) in [5.41, 5.74) is 1.19. The van der Waals surface area contributed by atoms with Gasteiger partial charge in [0, 0.05) is 31.3 Å². The first-order chi connectivity index (χ1) is 14.8. The molecule has 1 fully saturated rings. The Morgan fingerprint density at radius 1 is 1.16 bits per heavy atom. The fourth-order valence-corrected chi connectivity index (χ4v) is 4.02. The van der Waals surface area contributed by atoms with Crippen LogP contribution in [0.4, 0.5) is 17.6 Å². The highest BCUT2D eigenvalue weighted by atomic mass is 19.3. The van der Waals surface area contributed by atoms with Gasteiger partial charge in [-0.2, -0.15) is 8.78 Å². The van der Waals surface area contributed by atoms with Crippen LogP contribution in [0.5, 0.6) is 0 Å². The van der Waals surface area contributed by atoms with E-state index in [1.54, 1.807) is 29.1 Å². The van der Waals surface area contributed by atoms with Crippen molar-refractivity contribution in [3.8, 4) is 0 Å². The van der Waals surface area contributed by atoms with E-state index in [0.717, 1.165) is 12.1 Å². The summed E-state index contributed by atoms with van der Waals surface area (Å²) in [6, 6.07) is 5.30. The molecule has 31 heavy (non-hydrogen) atoms. The standard InChI is InChI=1S/C21H18F4N4O2/c22-13-6-12(7-14(23)8-13)15-3-5-28(10-17(15)27-20(30)19(24)25)21(31)16-2-1-4-29-11-26-9-18(16)29/h1-2,4,6-9,11,15,17,19H,3,5,10H2,(H,27,30)/t15-,17+/m0/s1. The second kappa shape index (κ2) is 8.37. The van der Waals surface area contributed by atoms with Crippen molar-refractivity contribution in [3.63, 3.8) is 0 Å². The van der Waals surface area contributed by atoms with Crippen molar-refractivity contribution in [1.29, 1.82) is 0 Å². The first-order valence-electron chi connectivity index (χ1n) is 9.58. The van der Waals surface area contributed by atoms with Gasteiger partial charge in [-0.3, -0.25) is 9.59 Å². The van der Waals surface area contributed by atoms with E-state index in [2.05, 4.69) is 10.3 Å². The lowest BCUT2D eigenvalue weighted by atomic mass is 9.84. The number of carbonyl (C=O) groups excluding carboxylic acids is 2. The highest BCUT2D eigenvalue weighted by molar-refractivity contribution is 6.00. The van der Waals surface area contributed by atoms with Gasteiger partial charge in [0.05, 0.1) is 29.6 Å². The average Bonchev–Trinajstić information content (AvgIpc) is 3.21. The number of likely N-dealkylation sites (tertiary alicyclic amines) is 1. The number of nitrogens with one attached hydrogen (secondary N) is 1. The Labute approximate surface area is 174 Å². The minimum absolute atomic E-state index is 0.0880. The highest BCUT2D eigenvalue weighted by Crippen LogP contribution is 2.31. The molecule has 0 bridgehead atoms. The number of fused-ring (bicyclic) bond motifs is 1. The number of carbonyl (C=O) groups is 2. The summed E-state index contributed by atoms with van der Waals surface area (Å²) in [6.45, 7) is 0.132. The molecule has 0 aliphatic carbocycles. The molecule has 0 saturated carbocycles. The van der Waals surface area contributed by atoms with Crippen LogP contribution in [-0.2, 0) is 4.79 Å². The molecule has 4 rings (SSSR count). The summed E-state index contributed by atoms with van der Waals surface area (Å²) in [6.07, 6.45) is 1.78. The number of piperidine rings is 1. The Kier molecular flexibility index (Phi) is 5.62. The molecule has 1 aromatic carbocycles. The SMILES string of the molecule is O=C(N[C@@H]1CN(C(=O)c2cccn3cncc23)CC[C@H]1c1cc(F)cc(F)c1)C(F)F. The quantitative estimate of drug-likeness (QED) is 0.642. The van der Waals surface area contributed by atoms with E-state index in [1.165, 1.54) is 11.1 Å². The van der Waals surface area contributed by atoms with Gasteiger partial charge in [-0.1, -0.05) is 0 Å². The molecular weight excluding hydrogens is 416 g/mol. The Balaban J connectivity index is 1.62. The minimum atomic E-state index is -3.25. The third kappa shape index (κ3) is 4.23. The largest absolute Gasteiger partial charge is 0.346 e. The van der Waals surface area contributed by atoms with Crippen LogP contribution in [-0.4, -0.2) is 51.7 Å². The summed E-state index contributed by atoms with van der Waals surface area (Å²) >= 11 is 0. The minimum Gasteiger partial charge on any atom is -0.346 e. The molecular formula is C21H18F4N4O2. The monoisotopic (exact) mass is 434 g/mol. The molecule has 2 atom stereocenters. The lowest BCUT2D eigenvalue weighted by Crippen LogP contribution is -2.54. The molecule has 2 aromatic heterocycles. The number of rotatable bonds is 4. The van der Waals surface area contributed by atoms with Crippen LogP contribution in [0.1, 0.15) is 28.3 Å². The Bertz CT molecular complexity index is 1110. The molecule has 0 unspecified atom stereocenters. The van der Waals surface area contributed by atoms with Gasteiger partial charge in [-0.15, -0.1) is 0 Å². The lowest BCUT2D eigenvalue weighted by molar-refractivity contribution is -0.133. The molecule has 0 radical (unpaired) electrons. The zero-order chi connectivity index (χ0) is 22.1. The number of pyridine rings is 1. The molecule has 0 spiro atoms. The molecule has 10 heteroatoms. The van der Waals surface area contributed by atoms with Crippen LogP contribution in [0.15, 0.2) is 49.1 Å². The lowest BCUT2D eigenvalue weighted by Gasteiger charge is -2.39. The van der Waals surface area contributed by atoms with Crippen LogP contribution in [0.2, 0.25) is 0 Å². The Morgan fingerprint density at radius 3 is 2.61 bits per heavy atom. The number of alkyl halides is 2. The van der Waals surface area contributed by atoms with Gasteiger partial charge >= 0.3 is 6.43 Å². The Hall–Kier alpha value is -3.43. The maximum absolute atomic E-state index is 13.7. The molecule has 3 aromatic rings. The van der Waals surface area contributed by atoms with E-state index < -0.39 is 35.9 Å². The first-order valence-corrected chi connectivity index (χ1v) is 9.58. The van der Waals surface area contributed by atoms with E-state index in [0.29, 0.717) is 17.1 Å². The third-order valence-corrected chi connectivity index (χ3v) is 5.42. The number of hydrogen-bond acceptors (Lipinski definition) is 3. The van der Waals surface area contributed by atoms with Crippen LogP contribution in [0.3, 0.4) is 0 Å². The number of nitrogens with zero attached hydrogens (tertiary/aromatic N) is 3. The molecule has 2 amide bonds. The number of benzene rings is 1. The fourth-order valence-electron chi connectivity index (χ4n) is 4.02. The summed E-state index contributed by atoms with van der Waals surface area (Å²) in [4.78, 5) is 30.3. The number of amides is 2. The molecule has 1 aliphatic heterocycles. The van der Waals surface area contributed by atoms with Gasteiger partial charge in [-0.25, -0.2) is 13.8 Å². The predicted molar refractivity (Wildman–Crippen MR) is 103 cm³/mol. The fraction of sp³-hybridized carbons (Fsp3) is 0.286. The van der Waals surface area contributed by atoms with Crippen molar-refractivity contribution in [2.75, 3.05) is 13.1 Å². The average molecular weight is 434 g/mol. The van der Waals surface area contributed by atoms with E-state index >= 15 is 0 Å². The Morgan fingerprint density at radius 2 is 1.90 bits per heavy atom. The van der Waals surface area contributed by atoms with E-state index in [9.17, 15) is 27.2 Å². The summed E-state index contributed by atoms with van der Waals surface area (Å²) in [7, 11) is 0. The van der Waals surface area contributed by atoms with Crippen LogP contribution in [0.25, 0.3) is 5.52 Å². The van der Waals surface area contributed by atoms with Gasteiger partial charge in [0.25, 0.3) is 11.8 Å². The topological polar surface area (TPSA) is 66.7 Å². The van der Waals surface area contributed by atoms with E-state index in [4.69, 9.17) is 0 Å². The molecule has 6 nitrogen and oxygen atoms in total. The molecule has 1 aliphatic rings. The summed E-state index contributed by atoms with van der Waals surface area (Å²) in [5.74, 6) is -4.10. The number of aromatic nitrogens is 2. The van der Waals surface area contributed by atoms with Gasteiger partial charge in [0.1, 0.15) is 11.6 Å². The summed E-state index contributed by atoms with van der Waals surface area (Å²) < 4.78 is 54.9. The van der Waals surface area contributed by atoms with E-state index in [1.807, 2.05) is 0 Å². The van der Waals surface area contributed by atoms with Crippen molar-refractivity contribution in [3.05, 3.63) is 71.8 Å². The van der Waals surface area contributed by atoms with Gasteiger partial charge in [-0.05, 0) is 36.2 Å². The number of hydrogen-bond donors (Lipinski definition) is 1. The smallest absolute Gasteiger partial charge is 0.315 e. The van der Waals surface area contributed by atoms with Crippen molar-refractivity contribution >= 4 is 17.3 Å². The predicted octanol–water partition coefficient (Wildman–Crippen LogP) is 2.99. The molecule has 162 valence electrons. The van der Waals surface area contributed by atoms with Crippen LogP contribution >= 0.6 is 0 Å². The highest BCUT2D eigenvalue weighted by Gasteiger charge is 2.36. The molecule has 1 saturated heterocycles. The second-order valence-corrected chi connectivity index (χ2v) is 7.37.